The Hall–Kier alpha value is -2.99. The molecule has 7 heteroatoms. The van der Waals surface area contributed by atoms with Crippen LogP contribution in [0.3, 0.4) is 0 Å². The zero-order valence-electron chi connectivity index (χ0n) is 15.8. The van der Waals surface area contributed by atoms with Gasteiger partial charge >= 0.3 is 0 Å². The zero-order chi connectivity index (χ0) is 19.8. The van der Waals surface area contributed by atoms with Crippen LogP contribution in [-0.4, -0.2) is 30.9 Å². The van der Waals surface area contributed by atoms with Crippen LogP contribution >= 0.6 is 11.6 Å². The standard InChI is InChI=1S/C21H19ClN2O4/c1-26-17-7-4-12(18(27-2)19(17)28-3)10-13-8-9-24-20(13)23-16-11-14(22)5-6-15(16)21(24)25/h4-7,10-11H,8-9H2,1-3H3/b13-10+. The number of hydrogen-bond donors (Lipinski definition) is 0. The molecule has 1 aromatic heterocycles. The first-order chi connectivity index (χ1) is 13.6. The summed E-state index contributed by atoms with van der Waals surface area (Å²) in [6, 6.07) is 8.86. The average Bonchev–Trinajstić information content (AvgIpc) is 3.10. The van der Waals surface area contributed by atoms with Crippen LogP contribution in [-0.2, 0) is 6.54 Å². The highest BCUT2D eigenvalue weighted by atomic mass is 35.5. The van der Waals surface area contributed by atoms with E-state index in [2.05, 4.69) is 0 Å². The number of rotatable bonds is 4. The van der Waals surface area contributed by atoms with Crippen molar-refractivity contribution in [1.29, 1.82) is 0 Å². The lowest BCUT2D eigenvalue weighted by Crippen LogP contribution is -2.20. The number of hydrogen-bond acceptors (Lipinski definition) is 5. The number of allylic oxidation sites excluding steroid dienone is 1. The second kappa shape index (κ2) is 7.20. The van der Waals surface area contributed by atoms with Gasteiger partial charge in [-0.1, -0.05) is 11.6 Å². The Balaban J connectivity index is 1.89. The molecular weight excluding hydrogens is 380 g/mol. The van der Waals surface area contributed by atoms with Gasteiger partial charge in [0.05, 0.1) is 32.2 Å². The highest BCUT2D eigenvalue weighted by Crippen LogP contribution is 2.41. The molecule has 4 rings (SSSR count). The molecule has 28 heavy (non-hydrogen) atoms. The number of benzene rings is 2. The predicted octanol–water partition coefficient (Wildman–Crippen LogP) is 4.02. The maximum atomic E-state index is 12.8. The molecule has 0 saturated carbocycles. The molecule has 2 aromatic carbocycles. The van der Waals surface area contributed by atoms with E-state index in [1.165, 1.54) is 0 Å². The summed E-state index contributed by atoms with van der Waals surface area (Å²) >= 11 is 6.08. The number of methoxy groups -OCH3 is 3. The van der Waals surface area contributed by atoms with Gasteiger partial charge in [0, 0.05) is 17.1 Å². The topological polar surface area (TPSA) is 62.6 Å². The molecule has 1 aliphatic heterocycles. The van der Waals surface area contributed by atoms with Gasteiger partial charge in [-0.3, -0.25) is 9.36 Å². The van der Waals surface area contributed by atoms with Crippen molar-refractivity contribution in [3.63, 3.8) is 0 Å². The summed E-state index contributed by atoms with van der Waals surface area (Å²) in [6.45, 7) is 0.584. The second-order valence-corrected chi connectivity index (χ2v) is 6.83. The summed E-state index contributed by atoms with van der Waals surface area (Å²) < 4.78 is 18.1. The average molecular weight is 399 g/mol. The van der Waals surface area contributed by atoms with Crippen LogP contribution in [0.2, 0.25) is 5.02 Å². The van der Waals surface area contributed by atoms with E-state index < -0.39 is 0 Å². The third-order valence-corrected chi connectivity index (χ3v) is 5.11. The highest BCUT2D eigenvalue weighted by molar-refractivity contribution is 6.31. The smallest absolute Gasteiger partial charge is 0.261 e. The normalized spacial score (nSPS) is 14.4. The SMILES string of the molecule is COc1ccc(/C=C2\CCn3c2nc2cc(Cl)ccc2c3=O)c(OC)c1OC. The van der Waals surface area contributed by atoms with Crippen LogP contribution in [0.15, 0.2) is 35.1 Å². The van der Waals surface area contributed by atoms with E-state index in [1.54, 1.807) is 44.1 Å². The minimum absolute atomic E-state index is 0.0562. The maximum Gasteiger partial charge on any atom is 0.261 e. The van der Waals surface area contributed by atoms with Crippen molar-refractivity contribution in [1.82, 2.24) is 9.55 Å². The molecule has 0 amide bonds. The molecule has 1 aliphatic rings. The van der Waals surface area contributed by atoms with E-state index in [0.717, 1.165) is 11.1 Å². The van der Waals surface area contributed by atoms with Crippen molar-refractivity contribution >= 4 is 34.2 Å². The number of halogens is 1. The van der Waals surface area contributed by atoms with Gasteiger partial charge in [0.2, 0.25) is 5.75 Å². The van der Waals surface area contributed by atoms with Gasteiger partial charge in [-0.2, -0.15) is 0 Å². The monoisotopic (exact) mass is 398 g/mol. The molecule has 0 bridgehead atoms. The molecule has 3 aromatic rings. The Labute approximate surface area is 166 Å². The van der Waals surface area contributed by atoms with Crippen molar-refractivity contribution in [3.8, 4) is 17.2 Å². The number of fused-ring (bicyclic) bond motifs is 2. The number of nitrogens with zero attached hydrogens (tertiary/aromatic N) is 2. The molecule has 6 nitrogen and oxygen atoms in total. The summed E-state index contributed by atoms with van der Waals surface area (Å²) in [5.74, 6) is 2.33. The number of ether oxygens (including phenoxy) is 3. The number of aromatic nitrogens is 2. The van der Waals surface area contributed by atoms with E-state index in [9.17, 15) is 4.79 Å². The van der Waals surface area contributed by atoms with E-state index in [1.807, 2.05) is 18.2 Å². The highest BCUT2D eigenvalue weighted by Gasteiger charge is 2.22. The summed E-state index contributed by atoms with van der Waals surface area (Å²) in [5, 5.41) is 1.12. The fourth-order valence-corrected chi connectivity index (χ4v) is 3.72. The molecule has 0 spiro atoms. The van der Waals surface area contributed by atoms with Crippen molar-refractivity contribution in [3.05, 3.63) is 57.1 Å². The van der Waals surface area contributed by atoms with Crippen molar-refractivity contribution in [2.24, 2.45) is 0 Å². The summed E-state index contributed by atoms with van der Waals surface area (Å²) in [4.78, 5) is 17.5. The molecular formula is C21H19ClN2O4. The minimum atomic E-state index is -0.0562. The van der Waals surface area contributed by atoms with Crippen LogP contribution in [0.4, 0.5) is 0 Å². The van der Waals surface area contributed by atoms with Gasteiger partial charge in [0.15, 0.2) is 11.5 Å². The molecule has 144 valence electrons. The van der Waals surface area contributed by atoms with Crippen molar-refractivity contribution in [2.45, 2.75) is 13.0 Å². The van der Waals surface area contributed by atoms with Gasteiger partial charge in [0.25, 0.3) is 5.56 Å². The van der Waals surface area contributed by atoms with E-state index in [0.29, 0.717) is 52.0 Å². The van der Waals surface area contributed by atoms with Crippen LogP contribution in [0.1, 0.15) is 17.8 Å². The Kier molecular flexibility index (Phi) is 4.73. The summed E-state index contributed by atoms with van der Waals surface area (Å²) in [7, 11) is 4.73. The molecule has 0 unspecified atom stereocenters. The molecule has 2 heterocycles. The van der Waals surface area contributed by atoms with Crippen LogP contribution in [0, 0.1) is 0 Å². The first-order valence-electron chi connectivity index (χ1n) is 8.77. The Morgan fingerprint density at radius 3 is 2.57 bits per heavy atom. The van der Waals surface area contributed by atoms with Gasteiger partial charge in [-0.15, -0.1) is 0 Å². The first kappa shape index (κ1) is 18.4. The summed E-state index contributed by atoms with van der Waals surface area (Å²) in [6.07, 6.45) is 2.67. The lowest BCUT2D eigenvalue weighted by Gasteiger charge is -2.14. The second-order valence-electron chi connectivity index (χ2n) is 6.40. The molecule has 0 fully saturated rings. The van der Waals surface area contributed by atoms with Crippen molar-refractivity contribution in [2.75, 3.05) is 21.3 Å². The van der Waals surface area contributed by atoms with E-state index in [4.69, 9.17) is 30.8 Å². The molecule has 0 N–H and O–H groups in total. The van der Waals surface area contributed by atoms with Crippen molar-refractivity contribution < 1.29 is 14.2 Å². The molecule has 0 aliphatic carbocycles. The van der Waals surface area contributed by atoms with E-state index in [-0.39, 0.29) is 5.56 Å². The predicted molar refractivity (Wildman–Crippen MR) is 110 cm³/mol. The van der Waals surface area contributed by atoms with Gasteiger partial charge in [-0.05, 0) is 48.4 Å². The zero-order valence-corrected chi connectivity index (χ0v) is 16.5. The van der Waals surface area contributed by atoms with Crippen LogP contribution < -0.4 is 19.8 Å². The fraction of sp³-hybridized carbons (Fsp3) is 0.238. The Morgan fingerprint density at radius 2 is 1.86 bits per heavy atom. The van der Waals surface area contributed by atoms with E-state index >= 15 is 0 Å². The molecule has 0 radical (unpaired) electrons. The van der Waals surface area contributed by atoms with Gasteiger partial charge in [-0.25, -0.2) is 4.98 Å². The largest absolute Gasteiger partial charge is 0.493 e. The molecule has 0 saturated heterocycles. The third-order valence-electron chi connectivity index (χ3n) is 4.87. The Bertz CT molecular complexity index is 1170. The lowest BCUT2D eigenvalue weighted by atomic mass is 10.1. The van der Waals surface area contributed by atoms with Crippen LogP contribution in [0.5, 0.6) is 17.2 Å². The Morgan fingerprint density at radius 1 is 1.07 bits per heavy atom. The quantitative estimate of drug-likeness (QED) is 0.664. The minimum Gasteiger partial charge on any atom is -0.493 e. The third kappa shape index (κ3) is 2.90. The fourth-order valence-electron chi connectivity index (χ4n) is 3.55. The first-order valence-corrected chi connectivity index (χ1v) is 9.15. The lowest BCUT2D eigenvalue weighted by molar-refractivity contribution is 0.324. The van der Waals surface area contributed by atoms with Gasteiger partial charge < -0.3 is 14.2 Å². The summed E-state index contributed by atoms with van der Waals surface area (Å²) in [5.41, 5.74) is 2.31. The molecule has 0 atom stereocenters. The maximum absolute atomic E-state index is 12.8. The van der Waals surface area contributed by atoms with Crippen LogP contribution in [0.25, 0.3) is 22.6 Å². The van der Waals surface area contributed by atoms with Gasteiger partial charge in [0.1, 0.15) is 5.82 Å².